The molecule has 122 valence electrons. The van der Waals surface area contributed by atoms with Crippen LogP contribution in [0.1, 0.15) is 15.2 Å². The van der Waals surface area contributed by atoms with Gasteiger partial charge in [0.25, 0.3) is 5.91 Å². The molecule has 6 nitrogen and oxygen atoms in total. The highest BCUT2D eigenvalue weighted by atomic mass is 32.2. The quantitative estimate of drug-likeness (QED) is 0.797. The van der Waals surface area contributed by atoms with Crippen LogP contribution in [-0.4, -0.2) is 33.2 Å². The third-order valence-electron chi connectivity index (χ3n) is 2.88. The lowest BCUT2D eigenvalue weighted by Gasteiger charge is -2.08. The fourth-order valence-corrected chi connectivity index (χ4v) is 3.34. The van der Waals surface area contributed by atoms with Crippen molar-refractivity contribution >= 4 is 33.1 Å². The van der Waals surface area contributed by atoms with E-state index in [1.165, 1.54) is 35.6 Å². The predicted molar refractivity (Wildman–Crippen MR) is 86.0 cm³/mol. The number of amides is 1. The molecule has 0 unspecified atom stereocenters. The first-order chi connectivity index (χ1) is 10.9. The summed E-state index contributed by atoms with van der Waals surface area (Å²) in [5.41, 5.74) is -0.0824. The van der Waals surface area contributed by atoms with E-state index in [2.05, 4.69) is 5.32 Å². The minimum atomic E-state index is -3.56. The third-order valence-corrected chi connectivity index (χ3v) is 4.91. The van der Waals surface area contributed by atoms with Gasteiger partial charge in [0.1, 0.15) is 0 Å². The number of hydrogen-bond donors (Lipinski definition) is 1. The molecular weight excluding hydrogens is 338 g/mol. The summed E-state index contributed by atoms with van der Waals surface area (Å²) < 4.78 is 28.2. The number of carbonyl (C=O) groups is 2. The molecular formula is C15H15NO5S2. The van der Waals surface area contributed by atoms with Gasteiger partial charge in [-0.1, -0.05) is 18.2 Å². The topological polar surface area (TPSA) is 89.5 Å². The van der Waals surface area contributed by atoms with Gasteiger partial charge in [-0.05, 0) is 23.6 Å². The molecule has 1 aromatic carbocycles. The maximum atomic E-state index is 12.0. The summed E-state index contributed by atoms with van der Waals surface area (Å²) in [6.45, 7) is -0.115. The summed E-state index contributed by atoms with van der Waals surface area (Å²) in [6, 6.07) is 9.46. The number of benzene rings is 1. The Bertz CT molecular complexity index is 797. The van der Waals surface area contributed by atoms with Gasteiger partial charge in [0.15, 0.2) is 16.4 Å². The predicted octanol–water partition coefficient (Wildman–Crippen LogP) is 1.62. The Morgan fingerprint density at radius 2 is 1.91 bits per heavy atom. The number of thiophene rings is 1. The van der Waals surface area contributed by atoms with Crippen molar-refractivity contribution in [1.29, 1.82) is 0 Å². The molecule has 0 spiro atoms. The zero-order chi connectivity index (χ0) is 16.9. The second-order valence-corrected chi connectivity index (χ2v) is 7.72. The van der Waals surface area contributed by atoms with Gasteiger partial charge in [0.05, 0.1) is 17.0 Å². The molecule has 0 aliphatic heterocycles. The molecule has 0 saturated heterocycles. The lowest BCUT2D eigenvalue weighted by molar-refractivity contribution is -0.124. The molecule has 2 rings (SSSR count). The first-order valence-corrected chi connectivity index (χ1v) is 9.40. The van der Waals surface area contributed by atoms with Gasteiger partial charge in [-0.2, -0.15) is 0 Å². The molecule has 0 bridgehead atoms. The molecule has 1 amide bonds. The highest BCUT2D eigenvalue weighted by Gasteiger charge is 2.19. The van der Waals surface area contributed by atoms with E-state index in [0.717, 1.165) is 11.1 Å². The fourth-order valence-electron chi connectivity index (χ4n) is 1.82. The molecule has 1 N–H and O–H groups in total. The summed E-state index contributed by atoms with van der Waals surface area (Å²) in [7, 11) is -3.56. The second kappa shape index (κ2) is 7.38. The van der Waals surface area contributed by atoms with Crippen LogP contribution < -0.4 is 5.32 Å². The smallest absolute Gasteiger partial charge is 0.339 e. The minimum Gasteiger partial charge on any atom is -0.452 e. The fraction of sp³-hybridized carbons (Fsp3) is 0.200. The Labute approximate surface area is 138 Å². The maximum absolute atomic E-state index is 12.0. The zero-order valence-corrected chi connectivity index (χ0v) is 13.9. The van der Waals surface area contributed by atoms with E-state index in [9.17, 15) is 18.0 Å². The summed E-state index contributed by atoms with van der Waals surface area (Å²) in [4.78, 5) is 24.5. The molecule has 1 aromatic heterocycles. The van der Waals surface area contributed by atoms with Crippen LogP contribution >= 0.6 is 11.3 Å². The van der Waals surface area contributed by atoms with Crippen LogP contribution in [0.2, 0.25) is 0 Å². The molecule has 1 heterocycles. The maximum Gasteiger partial charge on any atom is 0.339 e. The molecule has 0 saturated carbocycles. The average molecular weight is 353 g/mol. The van der Waals surface area contributed by atoms with E-state index < -0.39 is 28.3 Å². The van der Waals surface area contributed by atoms with Gasteiger partial charge in [0.2, 0.25) is 0 Å². The van der Waals surface area contributed by atoms with Crippen molar-refractivity contribution in [1.82, 2.24) is 5.32 Å². The van der Waals surface area contributed by atoms with Crippen molar-refractivity contribution in [3.63, 3.8) is 0 Å². The van der Waals surface area contributed by atoms with Gasteiger partial charge in [-0.15, -0.1) is 11.3 Å². The van der Waals surface area contributed by atoms with Gasteiger partial charge in [-0.25, -0.2) is 13.2 Å². The Balaban J connectivity index is 1.94. The third kappa shape index (κ3) is 4.90. The highest BCUT2D eigenvalue weighted by molar-refractivity contribution is 7.90. The minimum absolute atomic E-state index is 0.0824. The van der Waals surface area contributed by atoms with Crippen LogP contribution in [0.5, 0.6) is 0 Å². The number of ether oxygens (including phenoxy) is 1. The van der Waals surface area contributed by atoms with Crippen LogP contribution in [0.25, 0.3) is 0 Å². The number of carbonyl (C=O) groups excluding carboxylic acids is 2. The number of sulfone groups is 1. The van der Waals surface area contributed by atoms with Gasteiger partial charge in [0, 0.05) is 11.1 Å². The largest absolute Gasteiger partial charge is 0.452 e. The average Bonchev–Trinajstić information content (AvgIpc) is 3.03. The zero-order valence-electron chi connectivity index (χ0n) is 12.3. The monoisotopic (exact) mass is 353 g/mol. The lowest BCUT2D eigenvalue weighted by atomic mass is 10.2. The Morgan fingerprint density at radius 3 is 2.57 bits per heavy atom. The molecule has 8 heteroatoms. The lowest BCUT2D eigenvalue weighted by Crippen LogP contribution is -2.28. The molecule has 0 fully saturated rings. The number of rotatable bonds is 6. The number of hydrogen-bond acceptors (Lipinski definition) is 6. The Kier molecular flexibility index (Phi) is 5.51. The van der Waals surface area contributed by atoms with E-state index in [-0.39, 0.29) is 10.5 Å². The molecule has 23 heavy (non-hydrogen) atoms. The van der Waals surface area contributed by atoms with Gasteiger partial charge < -0.3 is 10.1 Å². The van der Waals surface area contributed by atoms with E-state index in [4.69, 9.17) is 4.74 Å². The first-order valence-electron chi connectivity index (χ1n) is 6.63. The first kappa shape index (κ1) is 17.2. The van der Waals surface area contributed by atoms with Crippen molar-refractivity contribution in [2.75, 3.05) is 12.9 Å². The van der Waals surface area contributed by atoms with Crippen molar-refractivity contribution in [3.05, 3.63) is 52.2 Å². The summed E-state index contributed by atoms with van der Waals surface area (Å²) >= 11 is 1.50. The summed E-state index contributed by atoms with van der Waals surface area (Å²) in [6.07, 6.45) is 1.01. The SMILES string of the molecule is CS(=O)(=O)c1ccccc1C(=O)OCC(=O)NCc1cccs1. The standard InChI is InChI=1S/C15H15NO5S2/c1-23(19,20)13-7-3-2-6-12(13)15(18)21-10-14(17)16-9-11-5-4-8-22-11/h2-8H,9-10H2,1H3,(H,16,17). The van der Waals surface area contributed by atoms with E-state index in [1.807, 2.05) is 17.5 Å². The normalized spacial score (nSPS) is 11.0. The highest BCUT2D eigenvalue weighted by Crippen LogP contribution is 2.16. The molecule has 0 atom stereocenters. The number of nitrogens with one attached hydrogen (secondary N) is 1. The van der Waals surface area contributed by atoms with Crippen LogP contribution in [0.3, 0.4) is 0 Å². The van der Waals surface area contributed by atoms with Gasteiger partial charge >= 0.3 is 5.97 Å². The Morgan fingerprint density at radius 1 is 1.17 bits per heavy atom. The van der Waals surface area contributed by atoms with Crippen molar-refractivity contribution < 1.29 is 22.7 Å². The van der Waals surface area contributed by atoms with Crippen LogP contribution in [-0.2, 0) is 25.9 Å². The van der Waals surface area contributed by atoms with E-state index >= 15 is 0 Å². The van der Waals surface area contributed by atoms with E-state index in [0.29, 0.717) is 6.54 Å². The van der Waals surface area contributed by atoms with Crippen molar-refractivity contribution in [2.45, 2.75) is 11.4 Å². The van der Waals surface area contributed by atoms with Crippen LogP contribution in [0.15, 0.2) is 46.7 Å². The van der Waals surface area contributed by atoms with Crippen molar-refractivity contribution in [2.24, 2.45) is 0 Å². The van der Waals surface area contributed by atoms with E-state index in [1.54, 1.807) is 0 Å². The number of esters is 1. The molecule has 0 aliphatic rings. The molecule has 2 aromatic rings. The van der Waals surface area contributed by atoms with Crippen molar-refractivity contribution in [3.8, 4) is 0 Å². The summed E-state index contributed by atoms with van der Waals surface area (Å²) in [5.74, 6) is -1.30. The van der Waals surface area contributed by atoms with Crippen LogP contribution in [0, 0.1) is 0 Å². The van der Waals surface area contributed by atoms with Gasteiger partial charge in [-0.3, -0.25) is 4.79 Å². The Hall–Kier alpha value is -2.19. The van der Waals surface area contributed by atoms with Crippen LogP contribution in [0.4, 0.5) is 0 Å². The second-order valence-electron chi connectivity index (χ2n) is 4.70. The molecule has 0 radical (unpaired) electrons. The summed E-state index contributed by atoms with van der Waals surface area (Å²) in [5, 5.41) is 4.51. The molecule has 0 aliphatic carbocycles.